The molecule has 84 valence electrons. The molecule has 0 saturated heterocycles. The first-order valence-electron chi connectivity index (χ1n) is 5.02. The summed E-state index contributed by atoms with van der Waals surface area (Å²) in [6.45, 7) is 6.73. The van der Waals surface area contributed by atoms with Crippen LogP contribution >= 0.6 is 11.8 Å². The van der Waals surface area contributed by atoms with E-state index in [4.69, 9.17) is 5.11 Å². The lowest BCUT2D eigenvalue weighted by atomic mass is 10.0. The molecule has 14 heavy (non-hydrogen) atoms. The van der Waals surface area contributed by atoms with Crippen molar-refractivity contribution >= 4 is 17.7 Å². The predicted octanol–water partition coefficient (Wildman–Crippen LogP) is 1.97. The maximum atomic E-state index is 10.6. The average molecular weight is 219 g/mol. The number of carbonyl (C=O) groups is 1. The Kier molecular flexibility index (Phi) is 6.20. The molecule has 3 nitrogen and oxygen atoms in total. The summed E-state index contributed by atoms with van der Waals surface area (Å²) < 4.78 is 0.184. The van der Waals surface area contributed by atoms with Crippen LogP contribution in [0.3, 0.4) is 0 Å². The van der Waals surface area contributed by atoms with Crippen molar-refractivity contribution in [2.75, 3.05) is 12.8 Å². The summed E-state index contributed by atoms with van der Waals surface area (Å²) in [7, 11) is 0. The molecule has 0 aromatic rings. The van der Waals surface area contributed by atoms with Crippen molar-refractivity contribution in [1.82, 2.24) is 5.32 Å². The van der Waals surface area contributed by atoms with Crippen LogP contribution in [-0.4, -0.2) is 34.7 Å². The number of thioether (sulfide) groups is 1. The Bertz CT molecular complexity index is 173. The summed E-state index contributed by atoms with van der Waals surface area (Å²) in [6, 6.07) is -0.459. The van der Waals surface area contributed by atoms with Crippen molar-refractivity contribution in [2.45, 2.75) is 44.4 Å². The highest BCUT2D eigenvalue weighted by molar-refractivity contribution is 8.00. The quantitative estimate of drug-likeness (QED) is 0.687. The van der Waals surface area contributed by atoms with Crippen LogP contribution < -0.4 is 5.32 Å². The Hall–Kier alpha value is -0.220. The first-order valence-corrected chi connectivity index (χ1v) is 6.25. The van der Waals surface area contributed by atoms with E-state index < -0.39 is 12.0 Å². The highest BCUT2D eigenvalue weighted by atomic mass is 32.2. The van der Waals surface area contributed by atoms with Gasteiger partial charge >= 0.3 is 5.97 Å². The molecule has 2 N–H and O–H groups in total. The maximum Gasteiger partial charge on any atom is 0.320 e. The molecule has 0 aromatic heterocycles. The predicted molar refractivity (Wildman–Crippen MR) is 61.9 cm³/mol. The fraction of sp³-hybridized carbons (Fsp3) is 0.900. The summed E-state index contributed by atoms with van der Waals surface area (Å²) >= 11 is 1.82. The molecule has 1 atom stereocenters. The van der Waals surface area contributed by atoms with E-state index in [1.165, 1.54) is 0 Å². The summed E-state index contributed by atoms with van der Waals surface area (Å²) in [5, 5.41) is 11.8. The van der Waals surface area contributed by atoms with Crippen molar-refractivity contribution in [3.8, 4) is 0 Å². The van der Waals surface area contributed by atoms with Crippen LogP contribution in [0, 0.1) is 0 Å². The second-order valence-electron chi connectivity index (χ2n) is 3.54. The van der Waals surface area contributed by atoms with Gasteiger partial charge in [0.2, 0.25) is 0 Å². The number of carboxylic acid groups (broad SMARTS) is 1. The molecule has 0 heterocycles. The fourth-order valence-corrected chi connectivity index (χ4v) is 2.09. The molecule has 0 rings (SSSR count). The van der Waals surface area contributed by atoms with Crippen molar-refractivity contribution < 1.29 is 9.90 Å². The van der Waals surface area contributed by atoms with Gasteiger partial charge < -0.3 is 10.4 Å². The number of carboxylic acids is 1. The van der Waals surface area contributed by atoms with E-state index in [0.717, 1.165) is 19.4 Å². The second kappa shape index (κ2) is 6.30. The van der Waals surface area contributed by atoms with E-state index in [0.29, 0.717) is 0 Å². The zero-order valence-corrected chi connectivity index (χ0v) is 10.3. The molecule has 0 amide bonds. The Morgan fingerprint density at radius 2 is 2.00 bits per heavy atom. The van der Waals surface area contributed by atoms with Crippen LogP contribution in [0.5, 0.6) is 0 Å². The monoisotopic (exact) mass is 219 g/mol. The molecule has 0 fully saturated rings. The van der Waals surface area contributed by atoms with Crippen LogP contribution in [-0.2, 0) is 4.79 Å². The van der Waals surface area contributed by atoms with Gasteiger partial charge in [-0.15, -0.1) is 0 Å². The topological polar surface area (TPSA) is 49.3 Å². The van der Waals surface area contributed by atoms with Crippen molar-refractivity contribution in [3.63, 3.8) is 0 Å². The fourth-order valence-electron chi connectivity index (χ4n) is 1.29. The van der Waals surface area contributed by atoms with Gasteiger partial charge in [0.05, 0.1) is 0 Å². The average Bonchev–Trinajstić information content (AvgIpc) is 2.20. The molecular weight excluding hydrogens is 198 g/mol. The second-order valence-corrected chi connectivity index (χ2v) is 4.81. The van der Waals surface area contributed by atoms with Crippen LogP contribution in [0.1, 0.15) is 33.6 Å². The van der Waals surface area contributed by atoms with Crippen molar-refractivity contribution in [2.24, 2.45) is 0 Å². The third-order valence-corrected chi connectivity index (χ3v) is 4.41. The van der Waals surface area contributed by atoms with E-state index in [1.807, 2.05) is 11.8 Å². The molecule has 0 bridgehead atoms. The van der Waals surface area contributed by atoms with Gasteiger partial charge in [0.25, 0.3) is 0 Å². The van der Waals surface area contributed by atoms with E-state index in [-0.39, 0.29) is 4.75 Å². The number of rotatable bonds is 7. The maximum absolute atomic E-state index is 10.6. The molecule has 0 aliphatic rings. The highest BCUT2D eigenvalue weighted by Crippen LogP contribution is 2.29. The summed E-state index contributed by atoms with van der Waals surface area (Å²) in [5.41, 5.74) is 0. The minimum absolute atomic E-state index is 0.184. The third kappa shape index (κ3) is 3.88. The lowest BCUT2D eigenvalue weighted by Gasteiger charge is -2.30. The van der Waals surface area contributed by atoms with Crippen molar-refractivity contribution in [3.05, 3.63) is 0 Å². The summed E-state index contributed by atoms with van der Waals surface area (Å²) in [5.74, 6) is -0.785. The van der Waals surface area contributed by atoms with Crippen LogP contribution in [0.25, 0.3) is 0 Å². The Morgan fingerprint density at radius 1 is 1.50 bits per heavy atom. The first kappa shape index (κ1) is 13.8. The lowest BCUT2D eigenvalue weighted by molar-refractivity contribution is -0.139. The zero-order valence-electron chi connectivity index (χ0n) is 9.46. The molecule has 1 unspecified atom stereocenters. The number of nitrogens with one attached hydrogen (secondary N) is 1. The molecular formula is C10H21NO2S. The molecule has 0 aromatic carbocycles. The Balaban J connectivity index is 4.12. The number of hydrogen-bond acceptors (Lipinski definition) is 3. The first-order chi connectivity index (χ1) is 6.51. The smallest absolute Gasteiger partial charge is 0.320 e. The van der Waals surface area contributed by atoms with Gasteiger partial charge in [-0.1, -0.05) is 13.8 Å². The summed E-state index contributed by atoms with van der Waals surface area (Å²) in [6.07, 6.45) is 4.20. The molecule has 0 spiro atoms. The molecule has 0 aliphatic carbocycles. The Labute approximate surface area is 90.7 Å². The largest absolute Gasteiger partial charge is 0.480 e. The summed E-state index contributed by atoms with van der Waals surface area (Å²) in [4.78, 5) is 10.6. The van der Waals surface area contributed by atoms with Crippen molar-refractivity contribution in [1.29, 1.82) is 0 Å². The van der Waals surface area contributed by atoms with Gasteiger partial charge in [0, 0.05) is 11.3 Å². The van der Waals surface area contributed by atoms with E-state index >= 15 is 0 Å². The zero-order chi connectivity index (χ0) is 11.2. The molecule has 4 heteroatoms. The Morgan fingerprint density at radius 3 is 2.29 bits per heavy atom. The SMILES string of the molecule is CCC(CC)(CNC(C)C(=O)O)SC. The molecule has 0 radical (unpaired) electrons. The lowest BCUT2D eigenvalue weighted by Crippen LogP contribution is -2.43. The third-order valence-electron chi connectivity index (χ3n) is 2.82. The van der Waals surface area contributed by atoms with E-state index in [9.17, 15) is 4.79 Å². The van der Waals surface area contributed by atoms with Gasteiger partial charge in [-0.05, 0) is 26.0 Å². The molecule has 0 aliphatic heterocycles. The number of aliphatic carboxylic acids is 1. The van der Waals surface area contributed by atoms with E-state index in [2.05, 4.69) is 25.4 Å². The highest BCUT2D eigenvalue weighted by Gasteiger charge is 2.25. The van der Waals surface area contributed by atoms with Gasteiger partial charge in [0.1, 0.15) is 6.04 Å². The van der Waals surface area contributed by atoms with Crippen LogP contribution in [0.15, 0.2) is 0 Å². The van der Waals surface area contributed by atoms with Gasteiger partial charge in [0.15, 0.2) is 0 Å². The van der Waals surface area contributed by atoms with Gasteiger partial charge in [-0.3, -0.25) is 4.79 Å². The standard InChI is InChI=1S/C10H21NO2S/c1-5-10(6-2,14-4)7-11-8(3)9(12)13/h8,11H,5-7H2,1-4H3,(H,12,13). The van der Waals surface area contributed by atoms with Crippen LogP contribution in [0.2, 0.25) is 0 Å². The molecule has 0 saturated carbocycles. The van der Waals surface area contributed by atoms with Gasteiger partial charge in [-0.25, -0.2) is 0 Å². The van der Waals surface area contributed by atoms with Crippen LogP contribution in [0.4, 0.5) is 0 Å². The minimum Gasteiger partial charge on any atom is -0.480 e. The number of hydrogen-bond donors (Lipinski definition) is 2. The van der Waals surface area contributed by atoms with Gasteiger partial charge in [-0.2, -0.15) is 11.8 Å². The minimum atomic E-state index is -0.785. The van der Waals surface area contributed by atoms with E-state index in [1.54, 1.807) is 6.92 Å². The normalized spacial score (nSPS) is 14.0.